The van der Waals surface area contributed by atoms with Gasteiger partial charge in [0.25, 0.3) is 0 Å². The molecule has 118 valence electrons. The molecule has 0 bridgehead atoms. The van der Waals surface area contributed by atoms with E-state index in [9.17, 15) is 0 Å². The molecule has 2 rings (SSSR count). The molecule has 0 atom stereocenters. The van der Waals surface area contributed by atoms with Gasteiger partial charge in [-0.2, -0.15) is 15.0 Å². The summed E-state index contributed by atoms with van der Waals surface area (Å²) in [6, 6.07) is 0. The van der Waals surface area contributed by atoms with E-state index in [1.165, 1.54) is 0 Å². The Bertz CT molecular complexity index is 484. The molecule has 0 amide bonds. The molecule has 0 unspecified atom stereocenters. The van der Waals surface area contributed by atoms with E-state index < -0.39 is 0 Å². The molecular formula is C14H27N7. The Morgan fingerprint density at radius 3 is 2.38 bits per heavy atom. The molecule has 21 heavy (non-hydrogen) atoms. The van der Waals surface area contributed by atoms with Crippen LogP contribution in [0.15, 0.2) is 0 Å². The second kappa shape index (κ2) is 6.01. The van der Waals surface area contributed by atoms with E-state index in [0.717, 1.165) is 32.7 Å². The van der Waals surface area contributed by atoms with E-state index in [0.29, 0.717) is 17.8 Å². The van der Waals surface area contributed by atoms with Gasteiger partial charge in [-0.3, -0.25) is 4.90 Å². The first-order chi connectivity index (χ1) is 9.87. The summed E-state index contributed by atoms with van der Waals surface area (Å²) in [7, 11) is 2.15. The van der Waals surface area contributed by atoms with Crippen molar-refractivity contribution in [3.05, 3.63) is 0 Å². The first-order valence-electron chi connectivity index (χ1n) is 7.60. The highest BCUT2D eigenvalue weighted by molar-refractivity contribution is 5.44. The fraction of sp³-hybridized carbons (Fsp3) is 0.786. The minimum atomic E-state index is 0.0923. The third kappa shape index (κ3) is 3.34. The second-order valence-corrected chi connectivity index (χ2v) is 6.12. The van der Waals surface area contributed by atoms with Crippen molar-refractivity contribution in [3.8, 4) is 0 Å². The highest BCUT2D eigenvalue weighted by Gasteiger charge is 2.32. The molecular weight excluding hydrogens is 266 g/mol. The summed E-state index contributed by atoms with van der Waals surface area (Å²) in [4.78, 5) is 19.9. The largest absolute Gasteiger partial charge is 0.368 e. The molecule has 7 heteroatoms. The normalized spacial score (nSPS) is 18.8. The molecule has 1 saturated heterocycles. The number of hydrogen-bond acceptors (Lipinski definition) is 7. The first-order valence-corrected chi connectivity index (χ1v) is 7.60. The van der Waals surface area contributed by atoms with E-state index in [4.69, 9.17) is 5.73 Å². The maximum atomic E-state index is 5.88. The van der Waals surface area contributed by atoms with Crippen molar-refractivity contribution in [1.29, 1.82) is 0 Å². The van der Waals surface area contributed by atoms with Crippen LogP contribution in [0.3, 0.4) is 0 Å². The molecule has 7 nitrogen and oxygen atoms in total. The number of nitrogen functional groups attached to an aromatic ring is 1. The average molecular weight is 293 g/mol. The van der Waals surface area contributed by atoms with Crippen molar-refractivity contribution in [2.24, 2.45) is 0 Å². The maximum absolute atomic E-state index is 5.88. The summed E-state index contributed by atoms with van der Waals surface area (Å²) in [5, 5.41) is 0. The Kier molecular flexibility index (Phi) is 4.51. The second-order valence-electron chi connectivity index (χ2n) is 6.12. The third-order valence-corrected chi connectivity index (χ3v) is 4.27. The lowest BCUT2D eigenvalue weighted by atomic mass is 10.0. The van der Waals surface area contributed by atoms with E-state index >= 15 is 0 Å². The van der Waals surface area contributed by atoms with Crippen LogP contribution >= 0.6 is 0 Å². The zero-order valence-corrected chi connectivity index (χ0v) is 13.8. The minimum Gasteiger partial charge on any atom is -0.368 e. The van der Waals surface area contributed by atoms with Gasteiger partial charge in [-0.05, 0) is 34.7 Å². The highest BCUT2D eigenvalue weighted by Crippen LogP contribution is 2.23. The zero-order chi connectivity index (χ0) is 15.6. The van der Waals surface area contributed by atoms with Gasteiger partial charge in [0.05, 0.1) is 0 Å². The maximum Gasteiger partial charge on any atom is 0.232 e. The van der Waals surface area contributed by atoms with Crippen molar-refractivity contribution < 1.29 is 0 Å². The van der Waals surface area contributed by atoms with Gasteiger partial charge in [-0.1, -0.05) is 0 Å². The molecule has 0 radical (unpaired) electrons. The van der Waals surface area contributed by atoms with E-state index in [1.807, 2.05) is 0 Å². The number of aromatic nitrogens is 3. The fourth-order valence-electron chi connectivity index (χ4n) is 2.57. The van der Waals surface area contributed by atoms with Crippen LogP contribution in [0.1, 0.15) is 27.7 Å². The van der Waals surface area contributed by atoms with Crippen LogP contribution in [0, 0.1) is 0 Å². The van der Waals surface area contributed by atoms with Crippen molar-refractivity contribution in [2.45, 2.75) is 33.2 Å². The predicted molar refractivity (Wildman–Crippen MR) is 86.7 cm³/mol. The topological polar surface area (TPSA) is 74.4 Å². The number of piperazine rings is 1. The molecule has 2 heterocycles. The first kappa shape index (κ1) is 15.8. The van der Waals surface area contributed by atoms with Crippen LogP contribution in [-0.4, -0.2) is 65.2 Å². The van der Waals surface area contributed by atoms with Crippen molar-refractivity contribution in [1.82, 2.24) is 19.9 Å². The van der Waals surface area contributed by atoms with Gasteiger partial charge in [-0.15, -0.1) is 0 Å². The lowest BCUT2D eigenvalue weighted by Crippen LogP contribution is -2.58. The number of rotatable bonds is 4. The Morgan fingerprint density at radius 2 is 1.81 bits per heavy atom. The van der Waals surface area contributed by atoms with Crippen molar-refractivity contribution >= 4 is 17.8 Å². The number of nitrogens with two attached hydrogens (primary N) is 1. The molecule has 0 spiro atoms. The van der Waals surface area contributed by atoms with Crippen LogP contribution in [0.5, 0.6) is 0 Å². The zero-order valence-electron chi connectivity index (χ0n) is 13.8. The molecule has 0 aliphatic carbocycles. The van der Waals surface area contributed by atoms with Gasteiger partial charge in [-0.25, -0.2) is 0 Å². The molecule has 1 aliphatic heterocycles. The van der Waals surface area contributed by atoms with E-state index in [-0.39, 0.29) is 5.54 Å². The third-order valence-electron chi connectivity index (χ3n) is 4.27. The van der Waals surface area contributed by atoms with Gasteiger partial charge < -0.3 is 15.5 Å². The summed E-state index contributed by atoms with van der Waals surface area (Å²) in [6.07, 6.45) is 0. The summed E-state index contributed by atoms with van der Waals surface area (Å²) in [6.45, 7) is 13.1. The standard InChI is InChI=1S/C14H27N7/c1-6-20(7-2)12-16-11(15)17-13(18-12)21-9-8-19(5)14(3,4)10-21/h6-10H2,1-5H3,(H2,15,16,17,18). The number of likely N-dealkylation sites (N-methyl/N-ethyl adjacent to an activating group) is 1. The van der Waals surface area contributed by atoms with Crippen LogP contribution in [0.2, 0.25) is 0 Å². The van der Waals surface area contributed by atoms with E-state index in [1.54, 1.807) is 0 Å². The smallest absolute Gasteiger partial charge is 0.232 e. The monoisotopic (exact) mass is 293 g/mol. The quantitative estimate of drug-likeness (QED) is 0.881. The Morgan fingerprint density at radius 1 is 1.14 bits per heavy atom. The SMILES string of the molecule is CCN(CC)c1nc(N)nc(N2CCN(C)C(C)(C)C2)n1. The van der Waals surface area contributed by atoms with Crippen LogP contribution in [-0.2, 0) is 0 Å². The van der Waals surface area contributed by atoms with Gasteiger partial charge >= 0.3 is 0 Å². The lowest BCUT2D eigenvalue weighted by Gasteiger charge is -2.45. The molecule has 0 saturated carbocycles. The van der Waals surface area contributed by atoms with E-state index in [2.05, 4.69) is 64.4 Å². The summed E-state index contributed by atoms with van der Waals surface area (Å²) in [5.74, 6) is 1.64. The molecule has 1 aromatic heterocycles. The van der Waals surface area contributed by atoms with Crippen LogP contribution in [0.25, 0.3) is 0 Å². The van der Waals surface area contributed by atoms with Crippen molar-refractivity contribution in [3.63, 3.8) is 0 Å². The summed E-state index contributed by atoms with van der Waals surface area (Å²) in [5.41, 5.74) is 5.97. The van der Waals surface area contributed by atoms with Crippen molar-refractivity contribution in [2.75, 3.05) is 55.3 Å². The Hall–Kier alpha value is -1.63. The number of nitrogens with zero attached hydrogens (tertiary/aromatic N) is 6. The van der Waals surface area contributed by atoms with Gasteiger partial charge in [0, 0.05) is 38.3 Å². The summed E-state index contributed by atoms with van der Waals surface area (Å²) >= 11 is 0. The Balaban J connectivity index is 2.28. The van der Waals surface area contributed by atoms with Crippen LogP contribution < -0.4 is 15.5 Å². The molecule has 1 aliphatic rings. The molecule has 1 fully saturated rings. The highest BCUT2D eigenvalue weighted by atomic mass is 15.4. The predicted octanol–water partition coefficient (Wildman–Crippen LogP) is 0.830. The molecule has 1 aromatic rings. The fourth-order valence-corrected chi connectivity index (χ4v) is 2.57. The van der Waals surface area contributed by atoms with Gasteiger partial charge in [0.2, 0.25) is 17.8 Å². The molecule has 0 aromatic carbocycles. The van der Waals surface area contributed by atoms with Crippen LogP contribution in [0.4, 0.5) is 17.8 Å². The Labute approximate surface area is 127 Å². The van der Waals surface area contributed by atoms with Gasteiger partial charge in [0.15, 0.2) is 0 Å². The number of anilines is 3. The van der Waals surface area contributed by atoms with Gasteiger partial charge in [0.1, 0.15) is 0 Å². The lowest BCUT2D eigenvalue weighted by molar-refractivity contribution is 0.138. The minimum absolute atomic E-state index is 0.0923. The number of hydrogen-bond donors (Lipinski definition) is 1. The average Bonchev–Trinajstić information content (AvgIpc) is 2.42. The molecule has 2 N–H and O–H groups in total. The summed E-state index contributed by atoms with van der Waals surface area (Å²) < 4.78 is 0.